The molecule has 0 saturated heterocycles. The molecule has 0 heterocycles. The molecule has 0 atom stereocenters. The summed E-state index contributed by atoms with van der Waals surface area (Å²) in [6.45, 7) is -0.238. The Balaban J connectivity index is 2.49. The highest BCUT2D eigenvalue weighted by Gasteiger charge is 2.29. The SMILES string of the molecule is CC(=O)Nc1ccc(CC(=O)OCC(F)(F)F)cc1. The van der Waals surface area contributed by atoms with Crippen molar-refractivity contribution in [1.29, 1.82) is 0 Å². The van der Waals surface area contributed by atoms with Crippen LogP contribution in [-0.4, -0.2) is 24.7 Å². The Bertz CT molecular complexity index is 454. The van der Waals surface area contributed by atoms with Gasteiger partial charge in [-0.25, -0.2) is 0 Å². The number of ether oxygens (including phenoxy) is 1. The van der Waals surface area contributed by atoms with E-state index in [-0.39, 0.29) is 12.3 Å². The maximum Gasteiger partial charge on any atom is 0.422 e. The van der Waals surface area contributed by atoms with E-state index in [9.17, 15) is 22.8 Å². The summed E-state index contributed by atoms with van der Waals surface area (Å²) in [6.07, 6.45) is -4.78. The fourth-order valence-electron chi connectivity index (χ4n) is 1.29. The van der Waals surface area contributed by atoms with Crippen molar-refractivity contribution in [3.05, 3.63) is 29.8 Å². The summed E-state index contributed by atoms with van der Waals surface area (Å²) >= 11 is 0. The molecule has 0 saturated carbocycles. The van der Waals surface area contributed by atoms with E-state index in [1.807, 2.05) is 0 Å². The number of halogens is 3. The lowest BCUT2D eigenvalue weighted by Crippen LogP contribution is -2.21. The molecule has 0 aromatic heterocycles. The van der Waals surface area contributed by atoms with Crippen LogP contribution < -0.4 is 5.32 Å². The molecular weight excluding hydrogens is 263 g/mol. The van der Waals surface area contributed by atoms with Crippen molar-refractivity contribution in [2.24, 2.45) is 0 Å². The highest BCUT2D eigenvalue weighted by Crippen LogP contribution is 2.15. The Morgan fingerprint density at radius 3 is 2.26 bits per heavy atom. The Hall–Kier alpha value is -2.05. The van der Waals surface area contributed by atoms with Crippen LogP contribution in [0, 0.1) is 0 Å². The van der Waals surface area contributed by atoms with Gasteiger partial charge >= 0.3 is 12.1 Å². The van der Waals surface area contributed by atoms with E-state index in [1.165, 1.54) is 19.1 Å². The summed E-state index contributed by atoms with van der Waals surface area (Å²) < 4.78 is 39.5. The number of esters is 1. The predicted octanol–water partition coefficient (Wildman–Crippen LogP) is 2.29. The molecule has 1 amide bonds. The van der Waals surface area contributed by atoms with E-state index in [2.05, 4.69) is 10.1 Å². The quantitative estimate of drug-likeness (QED) is 0.858. The first-order valence-electron chi connectivity index (χ1n) is 5.35. The summed E-state index contributed by atoms with van der Waals surface area (Å²) in [6, 6.07) is 6.15. The van der Waals surface area contributed by atoms with Crippen LogP contribution in [-0.2, 0) is 20.7 Å². The number of benzene rings is 1. The summed E-state index contributed by atoms with van der Waals surface area (Å²) in [5.41, 5.74) is 1.04. The van der Waals surface area contributed by atoms with Crippen molar-refractivity contribution >= 4 is 17.6 Å². The fourth-order valence-corrected chi connectivity index (χ4v) is 1.29. The van der Waals surface area contributed by atoms with Gasteiger partial charge in [-0.05, 0) is 17.7 Å². The molecule has 1 aromatic rings. The first-order chi connectivity index (χ1) is 8.76. The third-order valence-corrected chi connectivity index (χ3v) is 2.02. The van der Waals surface area contributed by atoms with Crippen LogP contribution in [0.15, 0.2) is 24.3 Å². The molecule has 1 N–H and O–H groups in total. The summed E-state index contributed by atoms with van der Waals surface area (Å²) in [5, 5.41) is 2.53. The van der Waals surface area contributed by atoms with Crippen LogP contribution in [0.4, 0.5) is 18.9 Å². The predicted molar refractivity (Wildman–Crippen MR) is 61.5 cm³/mol. The number of carbonyl (C=O) groups is 2. The van der Waals surface area contributed by atoms with E-state index < -0.39 is 18.8 Å². The van der Waals surface area contributed by atoms with Gasteiger partial charge in [-0.2, -0.15) is 13.2 Å². The Labute approximate surface area is 107 Å². The molecule has 0 radical (unpaired) electrons. The van der Waals surface area contributed by atoms with Crippen LogP contribution in [0.2, 0.25) is 0 Å². The third-order valence-electron chi connectivity index (χ3n) is 2.02. The molecule has 0 aliphatic carbocycles. The van der Waals surface area contributed by atoms with Gasteiger partial charge in [0.15, 0.2) is 6.61 Å². The average Bonchev–Trinajstić information content (AvgIpc) is 2.28. The minimum absolute atomic E-state index is 0.239. The molecule has 0 fully saturated rings. The van der Waals surface area contributed by atoms with E-state index >= 15 is 0 Å². The molecule has 104 valence electrons. The van der Waals surface area contributed by atoms with Gasteiger partial charge in [0.2, 0.25) is 5.91 Å². The van der Waals surface area contributed by atoms with E-state index in [0.29, 0.717) is 11.3 Å². The standard InChI is InChI=1S/C12H12F3NO3/c1-8(17)16-10-4-2-9(3-5-10)6-11(18)19-7-12(13,14)15/h2-5H,6-7H2,1H3,(H,16,17). The number of alkyl halides is 3. The molecule has 1 rings (SSSR count). The number of carbonyl (C=O) groups excluding carboxylic acids is 2. The lowest BCUT2D eigenvalue weighted by Gasteiger charge is -2.08. The molecule has 0 spiro atoms. The zero-order valence-electron chi connectivity index (χ0n) is 10.1. The molecule has 0 aliphatic rings. The van der Waals surface area contributed by atoms with Crippen molar-refractivity contribution in [3.63, 3.8) is 0 Å². The highest BCUT2D eigenvalue weighted by atomic mass is 19.4. The second-order valence-electron chi connectivity index (χ2n) is 3.83. The zero-order chi connectivity index (χ0) is 14.5. The van der Waals surface area contributed by atoms with Crippen molar-refractivity contribution in [2.75, 3.05) is 11.9 Å². The topological polar surface area (TPSA) is 55.4 Å². The lowest BCUT2D eigenvalue weighted by molar-refractivity contribution is -0.185. The van der Waals surface area contributed by atoms with Gasteiger partial charge in [-0.15, -0.1) is 0 Å². The molecule has 0 unspecified atom stereocenters. The largest absolute Gasteiger partial charge is 0.456 e. The molecule has 19 heavy (non-hydrogen) atoms. The third kappa shape index (κ3) is 6.44. The Morgan fingerprint density at radius 1 is 1.21 bits per heavy atom. The van der Waals surface area contributed by atoms with Crippen molar-refractivity contribution in [3.8, 4) is 0 Å². The number of anilines is 1. The minimum atomic E-state index is -4.52. The summed E-state index contributed by atoms with van der Waals surface area (Å²) in [5.74, 6) is -1.19. The smallest absolute Gasteiger partial charge is 0.422 e. The maximum atomic E-state index is 11.8. The van der Waals surface area contributed by atoms with Crippen LogP contribution >= 0.6 is 0 Å². The van der Waals surface area contributed by atoms with Gasteiger partial charge in [-0.1, -0.05) is 12.1 Å². The zero-order valence-corrected chi connectivity index (χ0v) is 10.1. The normalized spacial score (nSPS) is 10.9. The second-order valence-corrected chi connectivity index (χ2v) is 3.83. The first kappa shape index (κ1) is 15.0. The van der Waals surface area contributed by atoms with Crippen LogP contribution in [0.3, 0.4) is 0 Å². The number of hydrogen-bond acceptors (Lipinski definition) is 3. The van der Waals surface area contributed by atoms with Crippen LogP contribution in [0.1, 0.15) is 12.5 Å². The molecule has 1 aromatic carbocycles. The lowest BCUT2D eigenvalue weighted by atomic mass is 10.1. The van der Waals surface area contributed by atoms with Crippen LogP contribution in [0.25, 0.3) is 0 Å². The summed E-state index contributed by atoms with van der Waals surface area (Å²) in [7, 11) is 0. The molecular formula is C12H12F3NO3. The van der Waals surface area contributed by atoms with Gasteiger partial charge in [0.25, 0.3) is 0 Å². The Morgan fingerprint density at radius 2 is 1.79 bits per heavy atom. The molecule has 0 aliphatic heterocycles. The van der Waals surface area contributed by atoms with E-state index in [4.69, 9.17) is 0 Å². The van der Waals surface area contributed by atoms with Crippen molar-refractivity contribution in [1.82, 2.24) is 0 Å². The van der Waals surface area contributed by atoms with Crippen molar-refractivity contribution in [2.45, 2.75) is 19.5 Å². The monoisotopic (exact) mass is 275 g/mol. The van der Waals surface area contributed by atoms with Gasteiger partial charge in [0.1, 0.15) is 0 Å². The second kappa shape index (κ2) is 6.21. The highest BCUT2D eigenvalue weighted by molar-refractivity contribution is 5.88. The summed E-state index contributed by atoms with van der Waals surface area (Å²) in [4.78, 5) is 21.9. The molecule has 7 heteroatoms. The van der Waals surface area contributed by atoms with Gasteiger partial charge in [-0.3, -0.25) is 9.59 Å². The average molecular weight is 275 g/mol. The van der Waals surface area contributed by atoms with Crippen molar-refractivity contribution < 1.29 is 27.5 Å². The van der Waals surface area contributed by atoms with Gasteiger partial charge in [0, 0.05) is 12.6 Å². The van der Waals surface area contributed by atoms with Gasteiger partial charge in [0.05, 0.1) is 6.42 Å². The van der Waals surface area contributed by atoms with Crippen LogP contribution in [0.5, 0.6) is 0 Å². The van der Waals surface area contributed by atoms with Gasteiger partial charge < -0.3 is 10.1 Å². The first-order valence-corrected chi connectivity index (χ1v) is 5.35. The Kier molecular flexibility index (Phi) is 4.91. The number of amides is 1. The van der Waals surface area contributed by atoms with E-state index in [1.54, 1.807) is 12.1 Å². The number of hydrogen-bond donors (Lipinski definition) is 1. The fraction of sp³-hybridized carbons (Fsp3) is 0.333. The molecule has 4 nitrogen and oxygen atoms in total. The maximum absolute atomic E-state index is 11.8. The number of nitrogens with one attached hydrogen (secondary N) is 1. The van der Waals surface area contributed by atoms with E-state index in [0.717, 1.165) is 0 Å². The number of rotatable bonds is 4. The minimum Gasteiger partial charge on any atom is -0.456 e. The molecule has 0 bridgehead atoms.